The average molecular weight is 648 g/mol. The van der Waals surface area contributed by atoms with Gasteiger partial charge in [0.05, 0.1) is 12.2 Å². The van der Waals surface area contributed by atoms with Gasteiger partial charge in [0.25, 0.3) is 5.91 Å². The molecular weight excluding hydrogens is 590 g/mol. The zero-order valence-corrected chi connectivity index (χ0v) is 29.1. The third kappa shape index (κ3) is 5.58. The minimum atomic E-state index is -0.463. The highest BCUT2D eigenvalue weighted by Crippen LogP contribution is 2.68. The van der Waals surface area contributed by atoms with Crippen molar-refractivity contribution in [3.63, 3.8) is 0 Å². The van der Waals surface area contributed by atoms with E-state index in [2.05, 4.69) is 18.7 Å². The van der Waals surface area contributed by atoms with E-state index < -0.39 is 6.04 Å². The Morgan fingerprint density at radius 3 is 2.34 bits per heavy atom. The van der Waals surface area contributed by atoms with Crippen LogP contribution in [0.3, 0.4) is 0 Å². The minimum Gasteiger partial charge on any atom is -0.393 e. The number of amides is 2. The molecule has 2 N–H and O–H groups in total. The van der Waals surface area contributed by atoms with Gasteiger partial charge in [-0.2, -0.15) is 0 Å². The second kappa shape index (κ2) is 12.5. The van der Waals surface area contributed by atoms with Gasteiger partial charge in [0.15, 0.2) is 5.78 Å². The van der Waals surface area contributed by atoms with Crippen LogP contribution < -0.4 is 0 Å². The van der Waals surface area contributed by atoms with Gasteiger partial charge >= 0.3 is 0 Å². The zero-order valence-electron chi connectivity index (χ0n) is 29.1. The first kappa shape index (κ1) is 33.2. The number of likely N-dealkylation sites (tertiary alicyclic amines) is 1. The highest BCUT2D eigenvalue weighted by atomic mass is 16.3. The summed E-state index contributed by atoms with van der Waals surface area (Å²) in [4.78, 5) is 45.3. The van der Waals surface area contributed by atoms with Gasteiger partial charge < -0.3 is 20.0 Å². The summed E-state index contributed by atoms with van der Waals surface area (Å²) in [5, 5.41) is 22.2. The van der Waals surface area contributed by atoms with Gasteiger partial charge in [-0.05, 0) is 131 Å². The predicted molar refractivity (Wildman–Crippen MR) is 181 cm³/mol. The maximum absolute atomic E-state index is 13.8. The fourth-order valence-corrected chi connectivity index (χ4v) is 12.3. The van der Waals surface area contributed by atoms with E-state index in [9.17, 15) is 24.6 Å². The summed E-state index contributed by atoms with van der Waals surface area (Å²) in [6.07, 6.45) is 10.2. The Bertz CT molecular complexity index is 1370. The number of carbonyl (C=O) groups excluding carboxylic acids is 3. The molecule has 2 aliphatic heterocycles. The Kier molecular flexibility index (Phi) is 8.87. The van der Waals surface area contributed by atoms with Crippen LogP contribution in [0, 0.1) is 40.4 Å². The highest BCUT2D eigenvalue weighted by Gasteiger charge is 2.62. The molecule has 1 aromatic rings. The van der Waals surface area contributed by atoms with Gasteiger partial charge in [0, 0.05) is 49.9 Å². The average Bonchev–Trinajstić information content (AvgIpc) is 3.69. The number of ketones is 1. The van der Waals surface area contributed by atoms with Crippen LogP contribution in [-0.4, -0.2) is 99.5 Å². The molecule has 0 spiro atoms. The summed E-state index contributed by atoms with van der Waals surface area (Å²) < 4.78 is 0. The second-order valence-electron chi connectivity index (χ2n) is 16.9. The van der Waals surface area contributed by atoms with Crippen molar-refractivity contribution in [3.05, 3.63) is 35.4 Å². The summed E-state index contributed by atoms with van der Waals surface area (Å²) in [6.45, 7) is 11.8. The molecule has 47 heavy (non-hydrogen) atoms. The summed E-state index contributed by atoms with van der Waals surface area (Å²) in [5.74, 6) is 2.88. The lowest BCUT2D eigenvalue weighted by Crippen LogP contribution is -2.62. The molecule has 8 nitrogen and oxygen atoms in total. The van der Waals surface area contributed by atoms with Crippen molar-refractivity contribution >= 4 is 17.6 Å². The Labute approximate surface area is 281 Å². The zero-order chi connectivity index (χ0) is 33.2. The lowest BCUT2D eigenvalue weighted by molar-refractivity contribution is -0.156. The molecular formula is C39H57N3O5. The van der Waals surface area contributed by atoms with E-state index in [4.69, 9.17) is 0 Å². The second-order valence-corrected chi connectivity index (χ2v) is 16.9. The fourth-order valence-electron chi connectivity index (χ4n) is 12.3. The van der Waals surface area contributed by atoms with Gasteiger partial charge in [0.1, 0.15) is 6.04 Å². The van der Waals surface area contributed by atoms with Crippen molar-refractivity contribution < 1.29 is 24.6 Å². The number of nitrogens with zero attached hydrogens (tertiary/aromatic N) is 3. The normalized spacial score (nSPS) is 41.1. The number of aliphatic hydroxyl groups excluding tert-OH is 2. The molecule has 2 amide bonds. The molecule has 4 aliphatic carbocycles. The highest BCUT2D eigenvalue weighted by molar-refractivity contribution is 6.01. The van der Waals surface area contributed by atoms with Crippen molar-refractivity contribution in [2.75, 3.05) is 32.7 Å². The quantitative estimate of drug-likeness (QED) is 0.436. The number of aliphatic hydroxyl groups is 2. The molecule has 258 valence electrons. The Morgan fingerprint density at radius 2 is 1.62 bits per heavy atom. The third-order valence-corrected chi connectivity index (χ3v) is 14.7. The van der Waals surface area contributed by atoms with E-state index >= 15 is 0 Å². The molecule has 2 saturated heterocycles. The van der Waals surface area contributed by atoms with Crippen molar-refractivity contribution in [1.82, 2.24) is 14.7 Å². The van der Waals surface area contributed by atoms with Crippen molar-refractivity contribution in [2.45, 2.75) is 116 Å². The monoisotopic (exact) mass is 647 g/mol. The van der Waals surface area contributed by atoms with Gasteiger partial charge in [-0.1, -0.05) is 26.0 Å². The van der Waals surface area contributed by atoms with E-state index in [1.807, 2.05) is 11.8 Å². The topological polar surface area (TPSA) is 101 Å². The van der Waals surface area contributed by atoms with Gasteiger partial charge in [-0.3, -0.25) is 19.3 Å². The summed E-state index contributed by atoms with van der Waals surface area (Å²) >= 11 is 0. The van der Waals surface area contributed by atoms with Crippen LogP contribution in [0.5, 0.6) is 0 Å². The molecule has 1 unspecified atom stereocenters. The number of piperazine rings is 1. The summed E-state index contributed by atoms with van der Waals surface area (Å²) in [5.41, 5.74) is 1.44. The molecule has 7 rings (SSSR count). The van der Waals surface area contributed by atoms with Gasteiger partial charge in [-0.25, -0.2) is 0 Å². The number of benzene rings is 1. The molecule has 2 heterocycles. The first-order chi connectivity index (χ1) is 22.4. The van der Waals surface area contributed by atoms with Crippen LogP contribution in [0.2, 0.25) is 0 Å². The SMILES string of the molecule is CC(=O)c1cccc(C(=O)N2CCC[C@H]2C(=O)N2CCN([C@H]3C[C@@]4(C)[C@@H](CC[C@@H]5[C@@H]4CC[C@]4(C)[C@@H](C(C)O)CC[C@@H]54)C[C@@H]3O)CC2)c1. The smallest absolute Gasteiger partial charge is 0.254 e. The van der Waals surface area contributed by atoms with Gasteiger partial charge in [-0.15, -0.1) is 0 Å². The van der Waals surface area contributed by atoms with Crippen molar-refractivity contribution in [3.8, 4) is 0 Å². The molecule has 1 aromatic carbocycles. The molecule has 6 aliphatic rings. The number of rotatable bonds is 5. The Morgan fingerprint density at radius 1 is 0.894 bits per heavy atom. The lowest BCUT2D eigenvalue weighted by atomic mass is 9.44. The van der Waals surface area contributed by atoms with Crippen LogP contribution >= 0.6 is 0 Å². The van der Waals surface area contributed by atoms with Crippen LogP contribution in [0.1, 0.15) is 113 Å². The number of hydrogen-bond donors (Lipinski definition) is 2. The van der Waals surface area contributed by atoms with E-state index in [-0.39, 0.29) is 46.7 Å². The van der Waals surface area contributed by atoms with Gasteiger partial charge in [0.2, 0.25) is 5.91 Å². The predicted octanol–water partition coefficient (Wildman–Crippen LogP) is 5.02. The van der Waals surface area contributed by atoms with E-state index in [0.717, 1.165) is 44.7 Å². The first-order valence-electron chi connectivity index (χ1n) is 18.7. The van der Waals surface area contributed by atoms with E-state index in [1.165, 1.54) is 39.0 Å². The van der Waals surface area contributed by atoms with Crippen LogP contribution in [0.15, 0.2) is 24.3 Å². The maximum atomic E-state index is 13.8. The number of hydrogen-bond acceptors (Lipinski definition) is 6. The van der Waals surface area contributed by atoms with Crippen LogP contribution in [0.25, 0.3) is 0 Å². The van der Waals surface area contributed by atoms with Crippen molar-refractivity contribution in [1.29, 1.82) is 0 Å². The largest absolute Gasteiger partial charge is 0.393 e. The maximum Gasteiger partial charge on any atom is 0.254 e. The molecule has 4 saturated carbocycles. The number of Topliss-reactive ketones (excluding diaryl/α,β-unsaturated/α-hetero) is 1. The molecule has 8 heteroatoms. The molecule has 0 radical (unpaired) electrons. The molecule has 6 fully saturated rings. The fraction of sp³-hybridized carbons (Fsp3) is 0.769. The third-order valence-electron chi connectivity index (χ3n) is 14.7. The van der Waals surface area contributed by atoms with Crippen LogP contribution in [0.4, 0.5) is 0 Å². The number of fused-ring (bicyclic) bond motifs is 5. The molecule has 0 bridgehead atoms. The van der Waals surface area contributed by atoms with E-state index in [1.54, 1.807) is 29.2 Å². The lowest BCUT2D eigenvalue weighted by Gasteiger charge is -2.63. The summed E-state index contributed by atoms with van der Waals surface area (Å²) in [6, 6.07) is 6.48. The molecule has 0 aromatic heterocycles. The standard InChI is InChI=1S/C39H57N3O5/c1-24(43)26-7-5-8-27(21-26)36(46)42-16-6-9-33(42)37(47)41-19-17-40(18-20-41)34-23-39(4)28(22-35(34)45)10-11-29-31-13-12-30(25(2)44)38(31,3)15-14-32(29)39/h5,7-8,21,25,28-35,44-45H,6,9-20,22-23H2,1-4H3/t25?,28-,29-,30+,31-,32-,33-,34-,35-,38+,39-/m0/s1. The Balaban J connectivity index is 0.998. The summed E-state index contributed by atoms with van der Waals surface area (Å²) in [7, 11) is 0. The molecule has 11 atom stereocenters. The minimum absolute atomic E-state index is 0.0295. The Hall–Kier alpha value is -2.29. The van der Waals surface area contributed by atoms with Crippen molar-refractivity contribution in [2.24, 2.45) is 40.4 Å². The number of carbonyl (C=O) groups is 3. The van der Waals surface area contributed by atoms with Crippen LogP contribution in [-0.2, 0) is 4.79 Å². The first-order valence-corrected chi connectivity index (χ1v) is 18.7. The van der Waals surface area contributed by atoms with E-state index in [0.29, 0.717) is 60.9 Å².